The molecule has 1 heterocycles. The molecule has 0 aromatic carbocycles. The van der Waals surface area contributed by atoms with E-state index >= 15 is 0 Å². The minimum atomic E-state index is 0.750. The summed E-state index contributed by atoms with van der Waals surface area (Å²) in [6.07, 6.45) is 1.20. The number of rotatable bonds is 5. The second kappa shape index (κ2) is 5.79. The maximum absolute atomic E-state index is 8.64. The summed E-state index contributed by atoms with van der Waals surface area (Å²) < 4.78 is 0. The van der Waals surface area contributed by atoms with Crippen molar-refractivity contribution in [3.63, 3.8) is 0 Å². The van der Waals surface area contributed by atoms with Crippen LogP contribution in [0, 0.1) is 17.2 Å². The van der Waals surface area contributed by atoms with Crippen molar-refractivity contribution in [2.24, 2.45) is 5.92 Å². The topological polar surface area (TPSA) is 35.8 Å². The first-order chi connectivity index (χ1) is 6.72. The quantitative estimate of drug-likeness (QED) is 0.755. The van der Waals surface area contributed by atoms with Gasteiger partial charge in [0.1, 0.15) is 10.9 Å². The van der Waals surface area contributed by atoms with Crippen LogP contribution in [0.1, 0.15) is 30.0 Å². The van der Waals surface area contributed by atoms with Crippen molar-refractivity contribution in [3.8, 4) is 6.07 Å². The molecule has 0 aliphatic heterocycles. The fraction of sp³-hybridized carbons (Fsp3) is 0.545. The number of nitriles is 1. The van der Waals surface area contributed by atoms with E-state index in [1.165, 1.54) is 11.3 Å². The molecule has 1 aromatic heterocycles. The molecule has 0 fully saturated rings. The van der Waals surface area contributed by atoms with E-state index in [1.54, 1.807) is 11.3 Å². The summed E-state index contributed by atoms with van der Waals surface area (Å²) in [5, 5.41) is 12.0. The van der Waals surface area contributed by atoms with E-state index in [-0.39, 0.29) is 0 Å². The molecule has 0 aliphatic rings. The van der Waals surface area contributed by atoms with Crippen LogP contribution in [-0.4, -0.2) is 6.54 Å². The van der Waals surface area contributed by atoms with Crippen LogP contribution in [0.25, 0.3) is 0 Å². The highest BCUT2D eigenvalue weighted by Gasteiger charge is 1.98. The van der Waals surface area contributed by atoms with Crippen molar-refractivity contribution in [1.29, 1.82) is 5.26 Å². The van der Waals surface area contributed by atoms with Gasteiger partial charge < -0.3 is 5.32 Å². The van der Waals surface area contributed by atoms with E-state index in [0.29, 0.717) is 0 Å². The van der Waals surface area contributed by atoms with Crippen LogP contribution >= 0.6 is 11.3 Å². The molecule has 76 valence electrons. The molecule has 0 radical (unpaired) electrons. The summed E-state index contributed by atoms with van der Waals surface area (Å²) >= 11 is 1.57. The molecular formula is C11H16N2S. The van der Waals surface area contributed by atoms with Gasteiger partial charge in [0.2, 0.25) is 0 Å². The van der Waals surface area contributed by atoms with E-state index in [9.17, 15) is 0 Å². The lowest BCUT2D eigenvalue weighted by Gasteiger charge is -2.04. The summed E-state index contributed by atoms with van der Waals surface area (Å²) in [7, 11) is 0. The van der Waals surface area contributed by atoms with Crippen molar-refractivity contribution in [3.05, 3.63) is 21.9 Å². The molecule has 0 aliphatic carbocycles. The second-order valence-corrected chi connectivity index (χ2v) is 4.91. The fourth-order valence-electron chi connectivity index (χ4n) is 1.14. The Bertz CT molecular complexity index is 309. The highest BCUT2D eigenvalue weighted by atomic mass is 32.1. The van der Waals surface area contributed by atoms with Gasteiger partial charge in [-0.1, -0.05) is 13.8 Å². The number of nitrogens with zero attached hydrogens (tertiary/aromatic N) is 1. The maximum atomic E-state index is 8.64. The third-order valence-electron chi connectivity index (χ3n) is 1.97. The minimum absolute atomic E-state index is 0.750. The summed E-state index contributed by atoms with van der Waals surface area (Å²) in [5.41, 5.74) is 0. The van der Waals surface area contributed by atoms with Gasteiger partial charge in [-0.15, -0.1) is 11.3 Å². The molecule has 2 nitrogen and oxygen atoms in total. The van der Waals surface area contributed by atoms with Crippen molar-refractivity contribution in [2.75, 3.05) is 6.54 Å². The summed E-state index contributed by atoms with van der Waals surface area (Å²) in [5.74, 6) is 0.750. The lowest BCUT2D eigenvalue weighted by Crippen LogP contribution is -2.15. The van der Waals surface area contributed by atoms with E-state index in [0.717, 1.165) is 23.9 Å². The minimum Gasteiger partial charge on any atom is -0.312 e. The molecule has 14 heavy (non-hydrogen) atoms. The molecule has 0 amide bonds. The Labute approximate surface area is 89.6 Å². The Morgan fingerprint density at radius 3 is 2.86 bits per heavy atom. The molecule has 0 atom stereocenters. The molecule has 1 rings (SSSR count). The average molecular weight is 208 g/mol. The first-order valence-electron chi connectivity index (χ1n) is 4.92. The first kappa shape index (κ1) is 11.2. The standard InChI is InChI=1S/C11H16N2S/c1-9(2)5-6-13-8-11-4-3-10(7-12)14-11/h3-4,9,13H,5-6,8H2,1-2H3. The van der Waals surface area contributed by atoms with Crippen molar-refractivity contribution in [2.45, 2.75) is 26.8 Å². The van der Waals surface area contributed by atoms with Gasteiger partial charge in [0.15, 0.2) is 0 Å². The summed E-state index contributed by atoms with van der Waals surface area (Å²) in [4.78, 5) is 2.04. The maximum Gasteiger partial charge on any atom is 0.110 e. The fourth-order valence-corrected chi connectivity index (χ4v) is 1.91. The molecule has 0 saturated carbocycles. The number of thiophene rings is 1. The lowest BCUT2D eigenvalue weighted by atomic mass is 10.1. The van der Waals surface area contributed by atoms with Crippen LogP contribution < -0.4 is 5.32 Å². The normalized spacial score (nSPS) is 10.4. The van der Waals surface area contributed by atoms with E-state index in [1.807, 2.05) is 12.1 Å². The Hall–Kier alpha value is -0.850. The van der Waals surface area contributed by atoms with Crippen LogP contribution in [0.15, 0.2) is 12.1 Å². The SMILES string of the molecule is CC(C)CCNCc1ccc(C#N)s1. The van der Waals surface area contributed by atoms with Gasteiger partial charge in [0.05, 0.1) is 0 Å². The van der Waals surface area contributed by atoms with Gasteiger partial charge in [-0.2, -0.15) is 5.26 Å². The smallest absolute Gasteiger partial charge is 0.110 e. The van der Waals surface area contributed by atoms with Crippen LogP contribution in [0.3, 0.4) is 0 Å². The van der Waals surface area contributed by atoms with E-state index < -0.39 is 0 Å². The predicted molar refractivity (Wildman–Crippen MR) is 60.2 cm³/mol. The molecular weight excluding hydrogens is 192 g/mol. The van der Waals surface area contributed by atoms with Gasteiger partial charge in [-0.3, -0.25) is 0 Å². The Balaban J connectivity index is 2.22. The van der Waals surface area contributed by atoms with Crippen LogP contribution in [0.5, 0.6) is 0 Å². The average Bonchev–Trinajstić information content (AvgIpc) is 2.60. The third kappa shape index (κ3) is 3.91. The van der Waals surface area contributed by atoms with E-state index in [2.05, 4.69) is 25.2 Å². The number of hydrogen-bond donors (Lipinski definition) is 1. The summed E-state index contributed by atoms with van der Waals surface area (Å²) in [6, 6.07) is 6.05. The highest BCUT2D eigenvalue weighted by molar-refractivity contribution is 7.12. The van der Waals surface area contributed by atoms with Crippen LogP contribution in [0.2, 0.25) is 0 Å². The zero-order valence-corrected chi connectivity index (χ0v) is 9.53. The molecule has 3 heteroatoms. The van der Waals surface area contributed by atoms with Crippen LogP contribution in [0.4, 0.5) is 0 Å². The Kier molecular flexibility index (Phi) is 4.64. The lowest BCUT2D eigenvalue weighted by molar-refractivity contribution is 0.539. The zero-order valence-electron chi connectivity index (χ0n) is 8.71. The molecule has 0 unspecified atom stereocenters. The molecule has 1 aromatic rings. The Morgan fingerprint density at radius 2 is 2.29 bits per heavy atom. The number of nitrogens with one attached hydrogen (secondary N) is 1. The molecule has 0 bridgehead atoms. The van der Waals surface area contributed by atoms with Gasteiger partial charge in [-0.25, -0.2) is 0 Å². The molecule has 0 spiro atoms. The van der Waals surface area contributed by atoms with Gasteiger partial charge in [0.25, 0.3) is 0 Å². The van der Waals surface area contributed by atoms with Crippen molar-refractivity contribution in [1.82, 2.24) is 5.32 Å². The second-order valence-electron chi connectivity index (χ2n) is 3.74. The van der Waals surface area contributed by atoms with E-state index in [4.69, 9.17) is 5.26 Å². The summed E-state index contributed by atoms with van der Waals surface area (Å²) in [6.45, 7) is 6.39. The first-order valence-corrected chi connectivity index (χ1v) is 5.73. The van der Waals surface area contributed by atoms with Crippen LogP contribution in [-0.2, 0) is 6.54 Å². The van der Waals surface area contributed by atoms with Gasteiger partial charge >= 0.3 is 0 Å². The predicted octanol–water partition coefficient (Wildman–Crippen LogP) is 2.76. The highest BCUT2D eigenvalue weighted by Crippen LogP contribution is 2.14. The van der Waals surface area contributed by atoms with Crippen molar-refractivity contribution >= 4 is 11.3 Å². The van der Waals surface area contributed by atoms with Gasteiger partial charge in [0, 0.05) is 11.4 Å². The largest absolute Gasteiger partial charge is 0.312 e. The molecule has 0 saturated heterocycles. The monoisotopic (exact) mass is 208 g/mol. The Morgan fingerprint density at radius 1 is 1.50 bits per heavy atom. The van der Waals surface area contributed by atoms with Gasteiger partial charge in [-0.05, 0) is 31.0 Å². The molecule has 1 N–H and O–H groups in total. The third-order valence-corrected chi connectivity index (χ3v) is 2.96. The van der Waals surface area contributed by atoms with Crippen molar-refractivity contribution < 1.29 is 0 Å². The zero-order chi connectivity index (χ0) is 10.4. The number of hydrogen-bond acceptors (Lipinski definition) is 3.